The molecule has 1 fully saturated rings. The standard InChI is InChI=1S/C13H24N2O3/c1-4-15(8-10-5-6-10)13(18)14-11(12(16)17)7-9(2)3/h9-11H,4-8H2,1-3H3,(H,14,18)(H,16,17). The van der Waals surface area contributed by atoms with E-state index in [0.717, 1.165) is 6.54 Å². The van der Waals surface area contributed by atoms with E-state index in [1.165, 1.54) is 12.8 Å². The van der Waals surface area contributed by atoms with E-state index < -0.39 is 12.0 Å². The molecule has 1 saturated carbocycles. The number of hydrogen-bond donors (Lipinski definition) is 2. The predicted octanol–water partition coefficient (Wildman–Crippen LogP) is 1.93. The fraction of sp³-hybridized carbons (Fsp3) is 0.846. The lowest BCUT2D eigenvalue weighted by atomic mass is 10.0. The molecule has 2 N–H and O–H groups in total. The Morgan fingerprint density at radius 1 is 1.39 bits per heavy atom. The van der Waals surface area contributed by atoms with Gasteiger partial charge in [0, 0.05) is 13.1 Å². The lowest BCUT2D eigenvalue weighted by molar-refractivity contribution is -0.139. The number of urea groups is 1. The number of nitrogens with zero attached hydrogens (tertiary/aromatic N) is 1. The third-order valence-electron chi connectivity index (χ3n) is 3.15. The van der Waals surface area contributed by atoms with Gasteiger partial charge in [0.05, 0.1) is 0 Å². The molecule has 1 rings (SSSR count). The maximum atomic E-state index is 12.0. The Balaban J connectivity index is 2.49. The number of amides is 2. The normalized spacial score (nSPS) is 16.4. The monoisotopic (exact) mass is 256 g/mol. The second kappa shape index (κ2) is 6.61. The summed E-state index contributed by atoms with van der Waals surface area (Å²) in [6, 6.07) is -1.04. The Kier molecular flexibility index (Phi) is 5.44. The number of hydrogen-bond acceptors (Lipinski definition) is 2. The van der Waals surface area contributed by atoms with E-state index in [1.807, 2.05) is 20.8 Å². The van der Waals surface area contributed by atoms with Crippen LogP contribution in [-0.4, -0.2) is 41.1 Å². The van der Waals surface area contributed by atoms with Crippen LogP contribution in [0.15, 0.2) is 0 Å². The molecule has 0 saturated heterocycles. The molecule has 0 aliphatic heterocycles. The average Bonchev–Trinajstić information content (AvgIpc) is 3.07. The van der Waals surface area contributed by atoms with Crippen LogP contribution in [0.3, 0.4) is 0 Å². The van der Waals surface area contributed by atoms with Crippen molar-refractivity contribution < 1.29 is 14.7 Å². The highest BCUT2D eigenvalue weighted by Gasteiger charge is 2.28. The van der Waals surface area contributed by atoms with Crippen molar-refractivity contribution in [2.75, 3.05) is 13.1 Å². The van der Waals surface area contributed by atoms with Gasteiger partial charge in [0.1, 0.15) is 6.04 Å². The fourth-order valence-electron chi connectivity index (χ4n) is 1.90. The zero-order valence-corrected chi connectivity index (χ0v) is 11.5. The molecule has 1 atom stereocenters. The first kappa shape index (κ1) is 14.8. The first-order chi connectivity index (χ1) is 8.43. The van der Waals surface area contributed by atoms with E-state index in [1.54, 1.807) is 4.90 Å². The molecule has 5 heteroatoms. The zero-order chi connectivity index (χ0) is 13.7. The molecule has 0 bridgehead atoms. The summed E-state index contributed by atoms with van der Waals surface area (Å²) < 4.78 is 0. The topological polar surface area (TPSA) is 69.6 Å². The molecule has 1 aliphatic rings. The van der Waals surface area contributed by atoms with Crippen LogP contribution in [0.25, 0.3) is 0 Å². The lowest BCUT2D eigenvalue weighted by Gasteiger charge is -2.24. The van der Waals surface area contributed by atoms with E-state index in [-0.39, 0.29) is 11.9 Å². The third-order valence-corrected chi connectivity index (χ3v) is 3.15. The van der Waals surface area contributed by atoms with Crippen LogP contribution in [0.2, 0.25) is 0 Å². The summed E-state index contributed by atoms with van der Waals surface area (Å²) in [5.74, 6) is -0.103. The van der Waals surface area contributed by atoms with Crippen LogP contribution in [-0.2, 0) is 4.79 Å². The number of carboxylic acids is 1. The molecule has 1 unspecified atom stereocenters. The molecular weight excluding hydrogens is 232 g/mol. The summed E-state index contributed by atoms with van der Waals surface area (Å²) in [5.41, 5.74) is 0. The summed E-state index contributed by atoms with van der Waals surface area (Å²) in [7, 11) is 0. The van der Waals surface area contributed by atoms with E-state index in [0.29, 0.717) is 18.9 Å². The maximum absolute atomic E-state index is 12.0. The van der Waals surface area contributed by atoms with Crippen molar-refractivity contribution in [3.8, 4) is 0 Å². The summed E-state index contributed by atoms with van der Waals surface area (Å²) in [4.78, 5) is 24.8. The quantitative estimate of drug-likeness (QED) is 0.731. The molecule has 5 nitrogen and oxygen atoms in total. The van der Waals surface area contributed by atoms with Gasteiger partial charge in [-0.15, -0.1) is 0 Å². The molecular formula is C13H24N2O3. The van der Waals surface area contributed by atoms with Crippen LogP contribution in [0.1, 0.15) is 40.0 Å². The smallest absolute Gasteiger partial charge is 0.326 e. The largest absolute Gasteiger partial charge is 0.480 e. The van der Waals surface area contributed by atoms with Gasteiger partial charge < -0.3 is 15.3 Å². The van der Waals surface area contributed by atoms with Gasteiger partial charge in [-0.2, -0.15) is 0 Å². The van der Waals surface area contributed by atoms with E-state index in [9.17, 15) is 9.59 Å². The molecule has 0 aromatic rings. The van der Waals surface area contributed by atoms with E-state index in [4.69, 9.17) is 5.11 Å². The van der Waals surface area contributed by atoms with Crippen molar-refractivity contribution in [2.24, 2.45) is 11.8 Å². The minimum absolute atomic E-state index is 0.241. The second-order valence-electron chi connectivity index (χ2n) is 5.45. The van der Waals surface area contributed by atoms with Crippen molar-refractivity contribution in [3.63, 3.8) is 0 Å². The third kappa shape index (κ3) is 4.94. The minimum atomic E-state index is -0.959. The fourth-order valence-corrected chi connectivity index (χ4v) is 1.90. The Morgan fingerprint density at radius 3 is 2.39 bits per heavy atom. The van der Waals surface area contributed by atoms with Crippen molar-refractivity contribution in [3.05, 3.63) is 0 Å². The number of nitrogens with one attached hydrogen (secondary N) is 1. The van der Waals surface area contributed by atoms with Crippen molar-refractivity contribution >= 4 is 12.0 Å². The van der Waals surface area contributed by atoms with Gasteiger partial charge in [0.2, 0.25) is 0 Å². The lowest BCUT2D eigenvalue weighted by Crippen LogP contribution is -2.48. The second-order valence-corrected chi connectivity index (χ2v) is 5.45. The molecule has 1 aliphatic carbocycles. The zero-order valence-electron chi connectivity index (χ0n) is 11.5. The van der Waals surface area contributed by atoms with Crippen LogP contribution in [0, 0.1) is 11.8 Å². The Morgan fingerprint density at radius 2 is 2.00 bits per heavy atom. The predicted molar refractivity (Wildman–Crippen MR) is 69.4 cm³/mol. The molecule has 18 heavy (non-hydrogen) atoms. The van der Waals surface area contributed by atoms with Gasteiger partial charge in [0.25, 0.3) is 0 Å². The SMILES string of the molecule is CCN(CC1CC1)C(=O)NC(CC(C)C)C(=O)O. The maximum Gasteiger partial charge on any atom is 0.326 e. The highest BCUT2D eigenvalue weighted by atomic mass is 16.4. The van der Waals surface area contributed by atoms with Crippen LogP contribution in [0.4, 0.5) is 4.79 Å². The molecule has 0 radical (unpaired) electrons. The molecule has 0 heterocycles. The van der Waals surface area contributed by atoms with Gasteiger partial charge in [-0.3, -0.25) is 0 Å². The van der Waals surface area contributed by atoms with Gasteiger partial charge in [-0.05, 0) is 38.0 Å². The molecule has 2 amide bonds. The summed E-state index contributed by atoms with van der Waals surface area (Å²) in [6.45, 7) is 7.18. The number of carbonyl (C=O) groups is 2. The average molecular weight is 256 g/mol. The highest BCUT2D eigenvalue weighted by Crippen LogP contribution is 2.29. The van der Waals surface area contributed by atoms with Crippen LogP contribution in [0.5, 0.6) is 0 Å². The number of carboxylic acid groups (broad SMARTS) is 1. The Hall–Kier alpha value is -1.26. The summed E-state index contributed by atoms with van der Waals surface area (Å²) in [6.07, 6.45) is 2.82. The van der Waals surface area contributed by atoms with Crippen molar-refractivity contribution in [2.45, 2.75) is 46.1 Å². The summed E-state index contributed by atoms with van der Waals surface area (Å²) in [5, 5.41) is 11.7. The van der Waals surface area contributed by atoms with Crippen molar-refractivity contribution in [1.29, 1.82) is 0 Å². The van der Waals surface area contributed by atoms with E-state index >= 15 is 0 Å². The first-order valence-electron chi connectivity index (χ1n) is 6.72. The Bertz CT molecular complexity index is 301. The molecule has 0 aromatic carbocycles. The van der Waals surface area contributed by atoms with Gasteiger partial charge >= 0.3 is 12.0 Å². The van der Waals surface area contributed by atoms with E-state index in [2.05, 4.69) is 5.32 Å². The van der Waals surface area contributed by atoms with Crippen LogP contribution >= 0.6 is 0 Å². The molecule has 0 aromatic heterocycles. The number of carbonyl (C=O) groups excluding carboxylic acids is 1. The minimum Gasteiger partial charge on any atom is -0.480 e. The van der Waals surface area contributed by atoms with Gasteiger partial charge in [-0.1, -0.05) is 13.8 Å². The first-order valence-corrected chi connectivity index (χ1v) is 6.72. The highest BCUT2D eigenvalue weighted by molar-refractivity contribution is 5.82. The molecule has 104 valence electrons. The van der Waals surface area contributed by atoms with Crippen molar-refractivity contribution in [1.82, 2.24) is 10.2 Å². The number of aliphatic carboxylic acids is 1. The number of rotatable bonds is 7. The van der Waals surface area contributed by atoms with Gasteiger partial charge in [0.15, 0.2) is 0 Å². The van der Waals surface area contributed by atoms with Gasteiger partial charge in [-0.25, -0.2) is 9.59 Å². The summed E-state index contributed by atoms with van der Waals surface area (Å²) >= 11 is 0. The molecule has 0 spiro atoms. The Labute approximate surface area is 109 Å². The van der Waals surface area contributed by atoms with Crippen LogP contribution < -0.4 is 5.32 Å².